The highest BCUT2D eigenvalue weighted by Gasteiger charge is 2.14. The Bertz CT molecular complexity index is 1070. The van der Waals surface area contributed by atoms with Crippen molar-refractivity contribution in [2.45, 2.75) is 19.8 Å². The van der Waals surface area contributed by atoms with Gasteiger partial charge >= 0.3 is 0 Å². The molecule has 0 aliphatic heterocycles. The summed E-state index contributed by atoms with van der Waals surface area (Å²) in [5.74, 6) is 0.543. The molecule has 7 heteroatoms. The summed E-state index contributed by atoms with van der Waals surface area (Å²) in [5.41, 5.74) is 3.10. The van der Waals surface area contributed by atoms with Crippen molar-refractivity contribution in [2.24, 2.45) is 0 Å². The van der Waals surface area contributed by atoms with Crippen LogP contribution in [0.1, 0.15) is 36.1 Å². The van der Waals surface area contributed by atoms with Crippen LogP contribution in [0.5, 0.6) is 0 Å². The van der Waals surface area contributed by atoms with E-state index in [0.29, 0.717) is 22.7 Å². The molecule has 0 radical (unpaired) electrons. The lowest BCUT2D eigenvalue weighted by atomic mass is 10.2. The second-order valence-electron chi connectivity index (χ2n) is 6.23. The quantitative estimate of drug-likeness (QED) is 0.607. The lowest BCUT2D eigenvalue weighted by Crippen LogP contribution is -2.12. The number of hydrogen-bond acceptors (Lipinski definition) is 5. The monoisotopic (exact) mass is 347 g/mol. The van der Waals surface area contributed by atoms with E-state index in [0.717, 1.165) is 5.69 Å². The largest absolute Gasteiger partial charge is 0.440 e. The Morgan fingerprint density at radius 3 is 2.73 bits per heavy atom. The van der Waals surface area contributed by atoms with E-state index in [2.05, 4.69) is 20.6 Å². The topological polar surface area (TPSA) is 85.8 Å². The van der Waals surface area contributed by atoms with E-state index in [9.17, 15) is 4.79 Å². The summed E-state index contributed by atoms with van der Waals surface area (Å²) < 4.78 is 7.24. The number of para-hydroxylation sites is 1. The molecule has 0 spiro atoms. The number of anilines is 1. The van der Waals surface area contributed by atoms with Crippen LogP contribution in [0.4, 0.5) is 5.69 Å². The first-order chi connectivity index (χ1) is 12.6. The van der Waals surface area contributed by atoms with Crippen molar-refractivity contribution in [2.75, 3.05) is 5.32 Å². The number of nitrogens with one attached hydrogen (secondary N) is 1. The van der Waals surface area contributed by atoms with Gasteiger partial charge in [0.15, 0.2) is 17.2 Å². The molecule has 0 saturated carbocycles. The minimum atomic E-state index is -0.334. The zero-order valence-corrected chi connectivity index (χ0v) is 14.4. The maximum Gasteiger partial charge on any atom is 0.277 e. The molecule has 0 aliphatic carbocycles. The molecule has 4 aromatic rings. The van der Waals surface area contributed by atoms with Crippen molar-refractivity contribution in [3.05, 3.63) is 66.3 Å². The highest BCUT2D eigenvalue weighted by atomic mass is 16.3. The van der Waals surface area contributed by atoms with Gasteiger partial charge in [0, 0.05) is 11.6 Å². The first-order valence-electron chi connectivity index (χ1n) is 8.30. The molecular formula is C19H17N5O2. The van der Waals surface area contributed by atoms with Crippen molar-refractivity contribution < 1.29 is 9.21 Å². The molecule has 4 rings (SSSR count). The molecule has 26 heavy (non-hydrogen) atoms. The molecule has 7 nitrogen and oxygen atoms in total. The Balaban J connectivity index is 1.54. The maximum atomic E-state index is 12.4. The number of aromatic nitrogens is 4. The maximum absolute atomic E-state index is 12.4. The van der Waals surface area contributed by atoms with E-state index in [1.807, 2.05) is 44.2 Å². The fourth-order valence-electron chi connectivity index (χ4n) is 2.54. The van der Waals surface area contributed by atoms with Crippen LogP contribution in [0.15, 0.2) is 59.1 Å². The van der Waals surface area contributed by atoms with E-state index >= 15 is 0 Å². The minimum absolute atomic E-state index is 0.202. The Morgan fingerprint density at radius 2 is 1.96 bits per heavy atom. The van der Waals surface area contributed by atoms with Gasteiger partial charge in [-0.25, -0.2) is 9.67 Å². The third-order valence-corrected chi connectivity index (χ3v) is 3.90. The van der Waals surface area contributed by atoms with E-state index in [-0.39, 0.29) is 17.5 Å². The average Bonchev–Trinajstić information content (AvgIpc) is 3.29. The summed E-state index contributed by atoms with van der Waals surface area (Å²) >= 11 is 0. The molecule has 0 saturated heterocycles. The van der Waals surface area contributed by atoms with Crippen LogP contribution in [0.2, 0.25) is 0 Å². The van der Waals surface area contributed by atoms with E-state index in [1.165, 1.54) is 0 Å². The SMILES string of the molecule is CC(C)c1nc2cc(NC(=O)c3cn(-c4ccccc4)nn3)ccc2o1. The smallest absolute Gasteiger partial charge is 0.277 e. The molecule has 0 bridgehead atoms. The fourth-order valence-corrected chi connectivity index (χ4v) is 2.54. The summed E-state index contributed by atoms with van der Waals surface area (Å²) in [7, 11) is 0. The van der Waals surface area contributed by atoms with Gasteiger partial charge in [0.25, 0.3) is 5.91 Å². The minimum Gasteiger partial charge on any atom is -0.440 e. The second kappa shape index (κ2) is 6.44. The number of oxazole rings is 1. The molecule has 0 fully saturated rings. The molecular weight excluding hydrogens is 330 g/mol. The van der Waals surface area contributed by atoms with Gasteiger partial charge in [0.1, 0.15) is 5.52 Å². The Hall–Kier alpha value is -3.48. The average molecular weight is 347 g/mol. The molecule has 2 aromatic carbocycles. The summed E-state index contributed by atoms with van der Waals surface area (Å²) in [6.07, 6.45) is 1.59. The van der Waals surface area contributed by atoms with Crippen molar-refractivity contribution >= 4 is 22.7 Å². The van der Waals surface area contributed by atoms with Crippen molar-refractivity contribution in [1.82, 2.24) is 20.0 Å². The van der Waals surface area contributed by atoms with Gasteiger partial charge in [0.2, 0.25) is 0 Å². The molecule has 0 atom stereocenters. The fraction of sp³-hybridized carbons (Fsp3) is 0.158. The van der Waals surface area contributed by atoms with Crippen molar-refractivity contribution in [1.29, 1.82) is 0 Å². The van der Waals surface area contributed by atoms with Gasteiger partial charge in [-0.05, 0) is 30.3 Å². The number of rotatable bonds is 4. The van der Waals surface area contributed by atoms with Crippen molar-refractivity contribution in [3.8, 4) is 5.69 Å². The predicted molar refractivity (Wildman–Crippen MR) is 97.4 cm³/mol. The summed E-state index contributed by atoms with van der Waals surface area (Å²) in [5, 5.41) is 10.8. The summed E-state index contributed by atoms with van der Waals surface area (Å²) in [4.78, 5) is 16.9. The predicted octanol–water partition coefficient (Wildman–Crippen LogP) is 3.78. The van der Waals surface area contributed by atoms with Crippen molar-refractivity contribution in [3.63, 3.8) is 0 Å². The van der Waals surface area contributed by atoms with E-state index in [1.54, 1.807) is 29.1 Å². The zero-order chi connectivity index (χ0) is 18.1. The van der Waals surface area contributed by atoms with Crippen LogP contribution in [0.25, 0.3) is 16.8 Å². The van der Waals surface area contributed by atoms with Gasteiger partial charge in [-0.3, -0.25) is 4.79 Å². The zero-order valence-electron chi connectivity index (χ0n) is 14.4. The van der Waals surface area contributed by atoms with Crippen LogP contribution in [-0.2, 0) is 0 Å². The van der Waals surface area contributed by atoms with Crippen LogP contribution < -0.4 is 5.32 Å². The van der Waals surface area contributed by atoms with Gasteiger partial charge in [0.05, 0.1) is 11.9 Å². The third-order valence-electron chi connectivity index (χ3n) is 3.90. The first-order valence-corrected chi connectivity index (χ1v) is 8.30. The second-order valence-corrected chi connectivity index (χ2v) is 6.23. The third kappa shape index (κ3) is 3.06. The Kier molecular flexibility index (Phi) is 3.96. The van der Waals surface area contributed by atoms with Gasteiger partial charge in [-0.1, -0.05) is 37.3 Å². The van der Waals surface area contributed by atoms with Gasteiger partial charge in [-0.15, -0.1) is 5.10 Å². The van der Waals surface area contributed by atoms with Gasteiger partial charge in [-0.2, -0.15) is 0 Å². The van der Waals surface area contributed by atoms with Gasteiger partial charge < -0.3 is 9.73 Å². The normalized spacial score (nSPS) is 11.2. The number of carbonyl (C=O) groups excluding carboxylic acids is 1. The Morgan fingerprint density at radius 1 is 1.15 bits per heavy atom. The van der Waals surface area contributed by atoms with Crippen LogP contribution in [0, 0.1) is 0 Å². The number of carbonyl (C=O) groups is 1. The lowest BCUT2D eigenvalue weighted by molar-refractivity contribution is 0.102. The molecule has 0 unspecified atom stereocenters. The standard InChI is InChI=1S/C19H17N5O2/c1-12(2)19-21-15-10-13(8-9-17(15)26-19)20-18(25)16-11-24(23-22-16)14-6-4-3-5-7-14/h3-12H,1-2H3,(H,20,25). The lowest BCUT2D eigenvalue weighted by Gasteiger charge is -2.02. The molecule has 1 amide bonds. The van der Waals surface area contributed by atoms with Crippen LogP contribution in [0.3, 0.4) is 0 Å². The number of hydrogen-bond donors (Lipinski definition) is 1. The molecule has 2 heterocycles. The highest BCUT2D eigenvalue weighted by molar-refractivity contribution is 6.03. The van der Waals surface area contributed by atoms with E-state index < -0.39 is 0 Å². The number of benzene rings is 2. The van der Waals surface area contributed by atoms with Crippen LogP contribution >= 0.6 is 0 Å². The van der Waals surface area contributed by atoms with E-state index in [4.69, 9.17) is 4.42 Å². The molecule has 2 aromatic heterocycles. The highest BCUT2D eigenvalue weighted by Crippen LogP contribution is 2.24. The number of fused-ring (bicyclic) bond motifs is 1. The molecule has 0 aliphatic rings. The van der Waals surface area contributed by atoms with Crippen LogP contribution in [-0.4, -0.2) is 25.9 Å². The molecule has 1 N–H and O–H groups in total. The summed E-state index contributed by atoms with van der Waals surface area (Å²) in [6.45, 7) is 4.03. The summed E-state index contributed by atoms with van der Waals surface area (Å²) in [6, 6.07) is 14.8. The number of amides is 1. The first kappa shape index (κ1) is 16.0. The number of nitrogens with zero attached hydrogens (tertiary/aromatic N) is 4. The molecule has 130 valence electrons. The Labute approximate surface area is 149 Å².